The Balaban J connectivity index is 0.000000179. The number of phenols is 1. The topological polar surface area (TPSA) is 66.4 Å². The molecule has 2 aliphatic carbocycles. The molecule has 0 bridgehead atoms. The maximum atomic E-state index is 13.2. The van der Waals surface area contributed by atoms with E-state index in [2.05, 4.69) is 48.5 Å². The minimum Gasteiger partial charge on any atom is -0.504 e. The second-order valence-corrected chi connectivity index (χ2v) is 17.1. The Hall–Kier alpha value is -5.73. The first-order chi connectivity index (χ1) is 31.8. The summed E-state index contributed by atoms with van der Waals surface area (Å²) in [5.74, 6) is 3.85. The summed E-state index contributed by atoms with van der Waals surface area (Å²) < 4.78 is 54.6. The van der Waals surface area contributed by atoms with Gasteiger partial charge in [0.2, 0.25) is 0 Å². The Morgan fingerprint density at radius 3 is 1.49 bits per heavy atom. The van der Waals surface area contributed by atoms with Gasteiger partial charge in [-0.1, -0.05) is 123 Å². The quantitative estimate of drug-likeness (QED) is 0.0976. The smallest absolute Gasteiger partial charge is 0.165 e. The highest BCUT2D eigenvalue weighted by Gasteiger charge is 2.28. The molecule has 8 rings (SSSR count). The number of hydrogen-bond donors (Lipinski definition) is 1. The van der Waals surface area contributed by atoms with Crippen LogP contribution in [0.1, 0.15) is 97.9 Å². The Bertz CT molecular complexity index is 2250. The van der Waals surface area contributed by atoms with Gasteiger partial charge in [0.1, 0.15) is 29.2 Å². The van der Waals surface area contributed by atoms with Gasteiger partial charge in [-0.3, -0.25) is 0 Å². The molecule has 344 valence electrons. The van der Waals surface area contributed by atoms with E-state index in [1.54, 1.807) is 43.5 Å². The zero-order chi connectivity index (χ0) is 45.6. The molecule has 0 saturated heterocycles. The first kappa shape index (κ1) is 48.7. The van der Waals surface area contributed by atoms with E-state index >= 15 is 0 Å². The Morgan fingerprint density at radius 1 is 0.523 bits per heavy atom. The van der Waals surface area contributed by atoms with Gasteiger partial charge in [0, 0.05) is 30.9 Å². The van der Waals surface area contributed by atoms with Crippen LogP contribution >= 0.6 is 11.6 Å². The number of halogens is 3. The molecule has 0 aromatic heterocycles. The molecule has 0 amide bonds. The molecule has 65 heavy (non-hydrogen) atoms. The Kier molecular flexibility index (Phi) is 19.7. The number of rotatable bonds is 16. The van der Waals surface area contributed by atoms with Crippen LogP contribution in [0.2, 0.25) is 0 Å². The van der Waals surface area contributed by atoms with Crippen molar-refractivity contribution in [2.24, 2.45) is 11.8 Å². The van der Waals surface area contributed by atoms with E-state index in [9.17, 15) is 13.9 Å². The zero-order valence-corrected chi connectivity index (χ0v) is 38.4. The second-order valence-electron chi connectivity index (χ2n) is 16.7. The molecule has 2 atom stereocenters. The first-order valence-corrected chi connectivity index (χ1v) is 23.4. The number of hydrogen-bond acceptors (Lipinski definition) is 6. The lowest BCUT2D eigenvalue weighted by molar-refractivity contribution is 0.103. The summed E-state index contributed by atoms with van der Waals surface area (Å²) in [4.78, 5) is 0. The van der Waals surface area contributed by atoms with Crippen LogP contribution in [0, 0.1) is 23.5 Å². The summed E-state index contributed by atoms with van der Waals surface area (Å²) in [7, 11) is 3.19. The van der Waals surface area contributed by atoms with E-state index in [4.69, 9.17) is 35.3 Å². The maximum absolute atomic E-state index is 13.2. The molecule has 0 heterocycles. The zero-order valence-electron chi connectivity index (χ0n) is 37.7. The minimum absolute atomic E-state index is 0.0249. The fraction of sp³-hybridized carbons (Fsp3) is 0.357. The van der Waals surface area contributed by atoms with Crippen LogP contribution in [-0.4, -0.2) is 32.5 Å². The lowest BCUT2D eigenvalue weighted by atomic mass is 9.82. The van der Waals surface area contributed by atoms with Crippen molar-refractivity contribution < 1.29 is 37.6 Å². The summed E-state index contributed by atoms with van der Waals surface area (Å²) in [6.07, 6.45) is 14.2. The number of phenolic OH excluding ortho intramolecular Hbond substituents is 1. The van der Waals surface area contributed by atoms with Crippen LogP contribution in [0.25, 0.3) is 0 Å². The molecule has 9 heteroatoms. The van der Waals surface area contributed by atoms with Crippen LogP contribution in [-0.2, 0) is 12.8 Å². The number of aromatic hydroxyl groups is 1. The van der Waals surface area contributed by atoms with E-state index in [1.807, 2.05) is 30.3 Å². The normalized spacial score (nSPS) is 14.9. The van der Waals surface area contributed by atoms with E-state index in [-0.39, 0.29) is 28.9 Å². The Morgan fingerprint density at radius 2 is 0.985 bits per heavy atom. The molecular weight excluding hydrogens is 842 g/mol. The molecule has 1 N–H and O–H groups in total. The van der Waals surface area contributed by atoms with Crippen LogP contribution in [0.5, 0.6) is 34.5 Å². The monoisotopic (exact) mass is 904 g/mol. The molecule has 0 aliphatic heterocycles. The fourth-order valence-electron chi connectivity index (χ4n) is 8.42. The van der Waals surface area contributed by atoms with Crippen molar-refractivity contribution in [1.29, 1.82) is 0 Å². The molecule has 2 aliphatic rings. The van der Waals surface area contributed by atoms with Crippen molar-refractivity contribution in [2.45, 2.75) is 88.5 Å². The van der Waals surface area contributed by atoms with Crippen LogP contribution in [0.4, 0.5) is 8.78 Å². The molecule has 0 radical (unpaired) electrons. The van der Waals surface area contributed by atoms with Crippen LogP contribution < -0.4 is 23.7 Å². The van der Waals surface area contributed by atoms with Gasteiger partial charge in [0.15, 0.2) is 23.0 Å². The standard InChI is InChI=1S/C28H31FO3.C15H15FO3.C13H17Cl/c1-30-25-16-17-26(31-19-18-21-12-14-24(29)15-13-21)27(20-25)32-28(22-8-4-2-5-9-22)23-10-6-3-7-11-23;1-18-13-6-7-15(14(17)10-13)19-9-8-11-2-4-12(16)5-3-11;14-13(11-7-3-1-4-8-11)12-9-5-2-6-10-12/h2,4-5,8-9,12-17,20,23,28H,3,6-7,10-11,18-19H2,1H3;2-7,10,17H,8-9H2,1H3;1,3-4,7-8,12-13H,2,5-6,9-10H2. The van der Waals surface area contributed by atoms with Gasteiger partial charge < -0.3 is 28.8 Å². The van der Waals surface area contributed by atoms with Gasteiger partial charge in [0.25, 0.3) is 0 Å². The Labute approximate surface area is 389 Å². The molecule has 2 fully saturated rings. The maximum Gasteiger partial charge on any atom is 0.165 e. The first-order valence-electron chi connectivity index (χ1n) is 23.0. The van der Waals surface area contributed by atoms with Crippen molar-refractivity contribution in [2.75, 3.05) is 27.4 Å². The molecule has 2 saturated carbocycles. The summed E-state index contributed by atoms with van der Waals surface area (Å²) in [6, 6.07) is 44.3. The SMILES string of the molecule is COc1ccc(OCCc2ccc(F)cc2)c(O)c1.COc1ccc(OCCc2ccc(F)cc2)c(OC(c2ccccc2)C2CCCCC2)c1.ClC(c1ccccc1)C1CCCCC1. The third-order valence-electron chi connectivity index (χ3n) is 12.1. The summed E-state index contributed by atoms with van der Waals surface area (Å²) in [5, 5.41) is 9.93. The largest absolute Gasteiger partial charge is 0.504 e. The number of alkyl halides is 1. The second kappa shape index (κ2) is 26.3. The van der Waals surface area contributed by atoms with Crippen molar-refractivity contribution in [1.82, 2.24) is 0 Å². The number of ether oxygens (including phenoxy) is 5. The highest BCUT2D eigenvalue weighted by Crippen LogP contribution is 2.42. The lowest BCUT2D eigenvalue weighted by Gasteiger charge is -2.31. The van der Waals surface area contributed by atoms with Crippen molar-refractivity contribution in [3.8, 4) is 34.5 Å². The van der Waals surface area contributed by atoms with Crippen molar-refractivity contribution in [3.05, 3.63) is 179 Å². The van der Waals surface area contributed by atoms with E-state index in [1.165, 1.54) is 113 Å². The number of methoxy groups -OCH3 is 2. The summed E-state index contributed by atoms with van der Waals surface area (Å²) in [6.45, 7) is 0.888. The third-order valence-corrected chi connectivity index (χ3v) is 12.7. The molecule has 2 unspecified atom stereocenters. The van der Waals surface area contributed by atoms with Crippen LogP contribution in [0.15, 0.2) is 146 Å². The fourth-order valence-corrected chi connectivity index (χ4v) is 8.82. The summed E-state index contributed by atoms with van der Waals surface area (Å²) in [5.41, 5.74) is 4.50. The molecular formula is C56H63ClF2O6. The number of benzene rings is 6. The van der Waals surface area contributed by atoms with Gasteiger partial charge in [-0.2, -0.15) is 0 Å². The van der Waals surface area contributed by atoms with E-state index in [0.29, 0.717) is 60.9 Å². The highest BCUT2D eigenvalue weighted by atomic mass is 35.5. The summed E-state index contributed by atoms with van der Waals surface area (Å²) >= 11 is 6.49. The predicted octanol–water partition coefficient (Wildman–Crippen LogP) is 14.9. The van der Waals surface area contributed by atoms with Gasteiger partial charge in [-0.15, -0.1) is 11.6 Å². The van der Waals surface area contributed by atoms with Crippen molar-refractivity contribution >= 4 is 11.6 Å². The average Bonchev–Trinajstić information content (AvgIpc) is 3.36. The predicted molar refractivity (Wildman–Crippen MR) is 257 cm³/mol. The third kappa shape index (κ3) is 15.7. The molecule has 6 nitrogen and oxygen atoms in total. The van der Waals surface area contributed by atoms with Gasteiger partial charge >= 0.3 is 0 Å². The van der Waals surface area contributed by atoms with Crippen LogP contribution in [0.3, 0.4) is 0 Å². The molecule has 6 aromatic carbocycles. The van der Waals surface area contributed by atoms with Gasteiger partial charge in [-0.25, -0.2) is 8.78 Å². The minimum atomic E-state index is -0.252. The van der Waals surface area contributed by atoms with E-state index < -0.39 is 0 Å². The van der Waals surface area contributed by atoms with E-state index in [0.717, 1.165) is 16.9 Å². The van der Waals surface area contributed by atoms with Gasteiger partial charge in [0.05, 0.1) is 32.8 Å². The highest BCUT2D eigenvalue weighted by molar-refractivity contribution is 6.21. The lowest BCUT2D eigenvalue weighted by Crippen LogP contribution is -2.21. The molecule has 0 spiro atoms. The average molecular weight is 906 g/mol. The van der Waals surface area contributed by atoms with Gasteiger partial charge in [-0.05, 0) is 102 Å². The molecule has 6 aromatic rings. The van der Waals surface area contributed by atoms with Crippen molar-refractivity contribution in [3.63, 3.8) is 0 Å².